The lowest BCUT2D eigenvalue weighted by atomic mass is 9.76. The second-order valence-electron chi connectivity index (χ2n) is 6.37. The van der Waals surface area contributed by atoms with Gasteiger partial charge in [-0.25, -0.2) is 17.5 Å². The summed E-state index contributed by atoms with van der Waals surface area (Å²) in [5.74, 6) is -0.825. The first kappa shape index (κ1) is 17.1. The number of benzene rings is 1. The van der Waals surface area contributed by atoms with Gasteiger partial charge in [0.15, 0.2) is 0 Å². The van der Waals surface area contributed by atoms with Crippen molar-refractivity contribution in [2.24, 2.45) is 13.0 Å². The van der Waals surface area contributed by atoms with E-state index in [4.69, 9.17) is 0 Å². The molecule has 1 atom stereocenters. The van der Waals surface area contributed by atoms with Crippen LogP contribution in [0.1, 0.15) is 30.0 Å². The number of sulfonamides is 1. The summed E-state index contributed by atoms with van der Waals surface area (Å²) >= 11 is 0. The molecule has 2 aromatic rings. The first-order valence-electron chi connectivity index (χ1n) is 7.71. The number of nitrogens with zero attached hydrogens (tertiary/aromatic N) is 2. The summed E-state index contributed by atoms with van der Waals surface area (Å²) in [7, 11) is -2.29. The number of nitrogens with one attached hydrogen (secondary N) is 1. The van der Waals surface area contributed by atoms with Gasteiger partial charge in [-0.3, -0.25) is 4.68 Å². The molecule has 0 unspecified atom stereocenters. The second-order valence-corrected chi connectivity index (χ2v) is 8.05. The lowest BCUT2D eigenvalue weighted by Crippen LogP contribution is -2.41. The minimum atomic E-state index is -4.03. The predicted octanol–water partition coefficient (Wildman–Crippen LogP) is 1.66. The molecule has 8 heteroatoms. The lowest BCUT2D eigenvalue weighted by Gasteiger charge is -2.37. The van der Waals surface area contributed by atoms with Crippen molar-refractivity contribution in [1.29, 1.82) is 0 Å². The molecule has 0 radical (unpaired) electrons. The van der Waals surface area contributed by atoms with E-state index in [1.165, 1.54) is 12.1 Å². The van der Waals surface area contributed by atoms with Crippen LogP contribution in [0.2, 0.25) is 0 Å². The van der Waals surface area contributed by atoms with E-state index in [1.54, 1.807) is 37.1 Å². The Hall–Kier alpha value is -1.77. The molecule has 24 heavy (non-hydrogen) atoms. The molecule has 1 saturated carbocycles. The van der Waals surface area contributed by atoms with E-state index in [-0.39, 0.29) is 10.8 Å². The maximum atomic E-state index is 14.1. The Morgan fingerprint density at radius 2 is 2.12 bits per heavy atom. The van der Waals surface area contributed by atoms with Gasteiger partial charge in [0.2, 0.25) is 10.0 Å². The van der Waals surface area contributed by atoms with Crippen LogP contribution in [0.5, 0.6) is 0 Å². The van der Waals surface area contributed by atoms with E-state index in [0.717, 1.165) is 0 Å². The van der Waals surface area contributed by atoms with Crippen LogP contribution < -0.4 is 4.72 Å². The van der Waals surface area contributed by atoms with Crippen LogP contribution in [0.4, 0.5) is 4.39 Å². The van der Waals surface area contributed by atoms with Gasteiger partial charge < -0.3 is 5.11 Å². The highest BCUT2D eigenvalue weighted by Gasteiger charge is 2.38. The molecular formula is C16H20FN3O3S. The molecule has 2 N–H and O–H groups in total. The van der Waals surface area contributed by atoms with Crippen molar-refractivity contribution in [3.63, 3.8) is 0 Å². The highest BCUT2D eigenvalue weighted by molar-refractivity contribution is 7.89. The largest absolute Gasteiger partial charge is 0.393 e. The van der Waals surface area contributed by atoms with Gasteiger partial charge in [0.1, 0.15) is 10.7 Å². The molecule has 0 saturated heterocycles. The zero-order chi connectivity index (χ0) is 17.5. The molecule has 6 nitrogen and oxygen atoms in total. The Bertz CT molecular complexity index is 844. The number of aliphatic hydroxyl groups is 1. The van der Waals surface area contributed by atoms with Crippen LogP contribution in [-0.4, -0.2) is 29.4 Å². The number of aromatic nitrogens is 2. The van der Waals surface area contributed by atoms with Crippen molar-refractivity contribution in [2.75, 3.05) is 0 Å². The molecule has 0 aliphatic heterocycles. The van der Waals surface area contributed by atoms with Crippen molar-refractivity contribution < 1.29 is 17.9 Å². The van der Waals surface area contributed by atoms with Crippen molar-refractivity contribution in [3.05, 3.63) is 47.5 Å². The summed E-state index contributed by atoms with van der Waals surface area (Å²) in [4.78, 5) is -0.373. The molecule has 1 heterocycles. The minimum Gasteiger partial charge on any atom is -0.393 e. The van der Waals surface area contributed by atoms with Gasteiger partial charge in [0.25, 0.3) is 0 Å². The summed E-state index contributed by atoms with van der Waals surface area (Å²) in [6, 6.07) is 3.47. The molecule has 0 spiro atoms. The van der Waals surface area contributed by atoms with Crippen LogP contribution in [-0.2, 0) is 17.1 Å². The maximum Gasteiger partial charge on any atom is 0.244 e. The average Bonchev–Trinajstić information content (AvgIpc) is 2.88. The first-order chi connectivity index (χ1) is 11.3. The Morgan fingerprint density at radius 3 is 2.67 bits per heavy atom. The number of aliphatic hydroxyl groups excluding tert-OH is 1. The first-order valence-corrected chi connectivity index (χ1v) is 9.19. The second kappa shape index (κ2) is 6.27. The molecule has 1 aliphatic carbocycles. The monoisotopic (exact) mass is 353 g/mol. The normalized spacial score (nSPS) is 22.2. The molecular weight excluding hydrogens is 333 g/mol. The van der Waals surface area contributed by atoms with Gasteiger partial charge >= 0.3 is 0 Å². The Labute approximate surface area is 140 Å². The Morgan fingerprint density at radius 1 is 1.42 bits per heavy atom. The van der Waals surface area contributed by atoms with Crippen LogP contribution in [0, 0.1) is 18.7 Å². The van der Waals surface area contributed by atoms with Crippen LogP contribution >= 0.6 is 0 Å². The summed E-state index contributed by atoms with van der Waals surface area (Å²) in [6.07, 6.45) is 3.89. The van der Waals surface area contributed by atoms with Gasteiger partial charge in [0.05, 0.1) is 18.3 Å². The molecule has 1 aliphatic rings. The van der Waals surface area contributed by atoms with Gasteiger partial charge in [-0.15, -0.1) is 0 Å². The number of aryl methyl sites for hydroxylation is 2. The number of halogens is 1. The third-order valence-electron chi connectivity index (χ3n) is 4.36. The van der Waals surface area contributed by atoms with Crippen molar-refractivity contribution in [2.45, 2.75) is 36.8 Å². The molecule has 1 fully saturated rings. The molecule has 130 valence electrons. The third kappa shape index (κ3) is 3.35. The minimum absolute atomic E-state index is 0.0486. The quantitative estimate of drug-likeness (QED) is 0.856. The zero-order valence-electron chi connectivity index (χ0n) is 13.5. The van der Waals surface area contributed by atoms with Gasteiger partial charge in [-0.05, 0) is 43.4 Å². The van der Waals surface area contributed by atoms with Crippen LogP contribution in [0.25, 0.3) is 0 Å². The fraction of sp³-hybridized carbons (Fsp3) is 0.438. The summed E-state index contributed by atoms with van der Waals surface area (Å²) in [5, 5.41) is 13.6. The van der Waals surface area contributed by atoms with Crippen LogP contribution in [0.15, 0.2) is 35.5 Å². The standard InChI is InChI=1S/C16H20FN3O3S/c1-10-3-4-15(14(17)5-10)24(22,23)19-16(11-6-13(21)7-11)12-8-18-20(2)9-12/h3-5,8-9,11,13,16,19,21H,6-7H2,1-2H3/t11?,13?,16-/m0/s1. The zero-order valence-corrected chi connectivity index (χ0v) is 14.3. The summed E-state index contributed by atoms with van der Waals surface area (Å²) in [6.45, 7) is 1.70. The fourth-order valence-electron chi connectivity index (χ4n) is 2.99. The topological polar surface area (TPSA) is 84.2 Å². The van der Waals surface area contributed by atoms with Gasteiger partial charge in [-0.2, -0.15) is 5.10 Å². The summed E-state index contributed by atoms with van der Waals surface area (Å²) in [5.41, 5.74) is 1.35. The summed E-state index contributed by atoms with van der Waals surface area (Å²) < 4.78 is 43.5. The molecule has 3 rings (SSSR count). The predicted molar refractivity (Wildman–Crippen MR) is 86.1 cm³/mol. The number of hydrogen-bond acceptors (Lipinski definition) is 4. The van der Waals surface area contributed by atoms with Crippen molar-refractivity contribution >= 4 is 10.0 Å². The molecule has 1 aromatic carbocycles. The smallest absolute Gasteiger partial charge is 0.244 e. The van der Waals surface area contributed by atoms with Crippen molar-refractivity contribution in [1.82, 2.24) is 14.5 Å². The van der Waals surface area contributed by atoms with E-state index in [9.17, 15) is 17.9 Å². The fourth-order valence-corrected chi connectivity index (χ4v) is 4.35. The van der Waals surface area contributed by atoms with Gasteiger partial charge in [-0.1, -0.05) is 6.07 Å². The van der Waals surface area contributed by atoms with E-state index < -0.39 is 28.0 Å². The van der Waals surface area contributed by atoms with E-state index >= 15 is 0 Å². The maximum absolute atomic E-state index is 14.1. The third-order valence-corrected chi connectivity index (χ3v) is 5.84. The molecule has 1 aromatic heterocycles. The Kier molecular flexibility index (Phi) is 4.46. The van der Waals surface area contributed by atoms with Crippen molar-refractivity contribution in [3.8, 4) is 0 Å². The van der Waals surface area contributed by atoms with Gasteiger partial charge in [0, 0.05) is 18.8 Å². The van der Waals surface area contributed by atoms with E-state index in [2.05, 4.69) is 9.82 Å². The Balaban J connectivity index is 1.91. The average molecular weight is 353 g/mol. The highest BCUT2D eigenvalue weighted by atomic mass is 32.2. The SMILES string of the molecule is Cc1ccc(S(=O)(=O)N[C@H](c2cnn(C)c2)C2CC(O)C2)c(F)c1. The lowest BCUT2D eigenvalue weighted by molar-refractivity contribution is 0.0280. The number of hydrogen-bond donors (Lipinski definition) is 2. The highest BCUT2D eigenvalue weighted by Crippen LogP contribution is 2.38. The molecule has 0 bridgehead atoms. The van der Waals surface area contributed by atoms with E-state index in [0.29, 0.717) is 24.0 Å². The molecule has 0 amide bonds. The number of rotatable bonds is 5. The van der Waals surface area contributed by atoms with E-state index in [1.807, 2.05) is 0 Å². The van der Waals surface area contributed by atoms with Crippen LogP contribution in [0.3, 0.4) is 0 Å².